The lowest BCUT2D eigenvalue weighted by molar-refractivity contribution is 0.725. The van der Waals surface area contributed by atoms with Crippen LogP contribution in [0, 0.1) is 0 Å². The van der Waals surface area contributed by atoms with Gasteiger partial charge in [-0.3, -0.25) is 0 Å². The molecule has 9 aromatic carbocycles. The van der Waals surface area contributed by atoms with Crippen molar-refractivity contribution in [3.8, 4) is 33.4 Å². The molecule has 0 fully saturated rings. The van der Waals surface area contributed by atoms with Crippen LogP contribution in [0.4, 0.5) is 17.1 Å². The van der Waals surface area contributed by atoms with Crippen LogP contribution in [0.1, 0.15) is 22.3 Å². The van der Waals surface area contributed by atoms with Crippen molar-refractivity contribution in [3.05, 3.63) is 235 Å². The van der Waals surface area contributed by atoms with Crippen LogP contribution in [0.15, 0.2) is 222 Å². The van der Waals surface area contributed by atoms with Crippen molar-refractivity contribution in [1.29, 1.82) is 0 Å². The average molecular weight is 718 g/mol. The third-order valence-electron chi connectivity index (χ3n) is 11.5. The molecular weight excluding hydrogens is 683 g/mol. The largest absolute Gasteiger partial charge is 0.309 e. The molecule has 258 valence electrons. The number of nitrogens with zero attached hydrogens (tertiary/aromatic N) is 1. The molecule has 0 aromatic heterocycles. The van der Waals surface area contributed by atoms with E-state index in [4.69, 9.17) is 0 Å². The Labute approximate surface area is 326 Å². The third kappa shape index (κ3) is 4.88. The van der Waals surface area contributed by atoms with E-state index in [0.29, 0.717) is 0 Å². The van der Waals surface area contributed by atoms with Crippen LogP contribution in [0.3, 0.4) is 0 Å². The van der Waals surface area contributed by atoms with Crippen LogP contribution in [0.25, 0.3) is 44.2 Å². The van der Waals surface area contributed by atoms with Gasteiger partial charge in [-0.2, -0.15) is 0 Å². The Kier molecular flexibility index (Phi) is 7.40. The summed E-state index contributed by atoms with van der Waals surface area (Å²) >= 11 is 1.92. The maximum absolute atomic E-state index is 2.46. The molecule has 0 amide bonds. The Bertz CT molecular complexity index is 2750. The minimum Gasteiger partial charge on any atom is -0.309 e. The van der Waals surface area contributed by atoms with Crippen molar-refractivity contribution in [2.45, 2.75) is 15.2 Å². The van der Waals surface area contributed by atoms with Gasteiger partial charge in [0.1, 0.15) is 0 Å². The lowest BCUT2D eigenvalue weighted by atomic mass is 9.67. The highest BCUT2D eigenvalue weighted by molar-refractivity contribution is 8.00. The van der Waals surface area contributed by atoms with E-state index in [2.05, 4.69) is 217 Å². The summed E-state index contributed by atoms with van der Waals surface area (Å²) in [7, 11) is 0. The number of hydrogen-bond acceptors (Lipinski definition) is 2. The van der Waals surface area contributed by atoms with Crippen LogP contribution in [0.5, 0.6) is 0 Å². The predicted molar refractivity (Wildman–Crippen MR) is 231 cm³/mol. The van der Waals surface area contributed by atoms with E-state index in [1.807, 2.05) is 11.8 Å². The van der Waals surface area contributed by atoms with E-state index in [0.717, 1.165) is 11.4 Å². The highest BCUT2D eigenvalue weighted by atomic mass is 32.2. The molecule has 0 unspecified atom stereocenters. The van der Waals surface area contributed by atoms with Gasteiger partial charge in [0, 0.05) is 21.2 Å². The molecule has 0 saturated carbocycles. The molecule has 0 N–H and O–H groups in total. The first kappa shape index (κ1) is 31.9. The zero-order valence-corrected chi connectivity index (χ0v) is 30.9. The Hall–Kier alpha value is -6.61. The van der Waals surface area contributed by atoms with Crippen molar-refractivity contribution in [3.63, 3.8) is 0 Å². The van der Waals surface area contributed by atoms with Crippen LogP contribution in [-0.2, 0) is 5.41 Å². The summed E-state index contributed by atoms with van der Waals surface area (Å²) in [5, 5.41) is 2.55. The molecule has 1 heterocycles. The van der Waals surface area contributed by atoms with Crippen molar-refractivity contribution in [2.75, 3.05) is 4.90 Å². The summed E-state index contributed by atoms with van der Waals surface area (Å²) in [4.78, 5) is 5.06. The van der Waals surface area contributed by atoms with Gasteiger partial charge >= 0.3 is 0 Å². The zero-order valence-electron chi connectivity index (χ0n) is 30.1. The summed E-state index contributed by atoms with van der Waals surface area (Å²) in [6, 6.07) is 78.2. The van der Waals surface area contributed by atoms with Crippen LogP contribution < -0.4 is 4.90 Å². The molecule has 1 aliphatic heterocycles. The summed E-state index contributed by atoms with van der Waals surface area (Å²) in [6.07, 6.45) is 0. The molecule has 1 nitrogen and oxygen atoms in total. The lowest BCUT2D eigenvalue weighted by Crippen LogP contribution is -2.32. The predicted octanol–water partition coefficient (Wildman–Crippen LogP) is 14.5. The van der Waals surface area contributed by atoms with Crippen LogP contribution in [0.2, 0.25) is 0 Å². The highest BCUT2D eigenvalue weighted by Crippen LogP contribution is 2.64. The van der Waals surface area contributed by atoms with Crippen LogP contribution in [-0.4, -0.2) is 0 Å². The van der Waals surface area contributed by atoms with Crippen molar-refractivity contribution < 1.29 is 0 Å². The first-order valence-electron chi connectivity index (χ1n) is 18.9. The van der Waals surface area contributed by atoms with Gasteiger partial charge in [-0.25, -0.2) is 0 Å². The normalized spacial score (nSPS) is 13.2. The van der Waals surface area contributed by atoms with Crippen molar-refractivity contribution in [2.24, 2.45) is 0 Å². The topological polar surface area (TPSA) is 3.24 Å². The second kappa shape index (κ2) is 12.8. The molecule has 0 radical (unpaired) electrons. The summed E-state index contributed by atoms with van der Waals surface area (Å²) < 4.78 is 0. The van der Waals surface area contributed by atoms with Gasteiger partial charge in [0.25, 0.3) is 0 Å². The number of benzene rings is 9. The van der Waals surface area contributed by atoms with E-state index in [1.165, 1.54) is 81.9 Å². The lowest BCUT2D eigenvalue weighted by Gasteiger charge is -2.42. The molecule has 2 heteroatoms. The third-order valence-corrected chi connectivity index (χ3v) is 12.8. The second-order valence-electron chi connectivity index (χ2n) is 14.4. The fourth-order valence-corrected chi connectivity index (χ4v) is 10.5. The molecular formula is C53H35NS. The van der Waals surface area contributed by atoms with E-state index >= 15 is 0 Å². The minimum absolute atomic E-state index is 0.483. The fourth-order valence-electron chi connectivity index (χ4n) is 9.11. The van der Waals surface area contributed by atoms with Gasteiger partial charge < -0.3 is 4.90 Å². The Morgan fingerprint density at radius 3 is 1.40 bits per heavy atom. The van der Waals surface area contributed by atoms with Gasteiger partial charge in [-0.15, -0.1) is 0 Å². The maximum atomic E-state index is 2.46. The minimum atomic E-state index is -0.483. The molecule has 0 saturated heterocycles. The molecule has 1 aliphatic carbocycles. The highest BCUT2D eigenvalue weighted by Gasteiger charge is 2.51. The molecule has 0 bridgehead atoms. The molecule has 9 aromatic rings. The molecule has 55 heavy (non-hydrogen) atoms. The van der Waals surface area contributed by atoms with E-state index in [9.17, 15) is 0 Å². The number of rotatable bonds is 5. The van der Waals surface area contributed by atoms with Gasteiger partial charge in [-0.05, 0) is 96.7 Å². The number of fused-ring (bicyclic) bond motifs is 11. The molecule has 0 atom stereocenters. The Balaban J connectivity index is 1.18. The number of hydrogen-bond donors (Lipinski definition) is 0. The van der Waals surface area contributed by atoms with E-state index < -0.39 is 5.41 Å². The standard InChI is InChI=1S/C53H35NS/c1-3-14-36(15-4-1)38-26-31-41(32-27-38)54(42-33-28-39(29-34-42)37-16-5-2-6-17-37)50-25-13-24-48-52(50)55-51-43-19-8-7-18-40(43)30-35-49(51)53(48)46-22-11-9-20-44(46)45-21-10-12-23-47(45)53/h1-35H. The van der Waals surface area contributed by atoms with Crippen molar-refractivity contribution in [1.82, 2.24) is 0 Å². The molecule has 1 spiro atoms. The zero-order chi connectivity index (χ0) is 36.3. The monoisotopic (exact) mass is 717 g/mol. The van der Waals surface area contributed by atoms with E-state index in [1.54, 1.807) is 0 Å². The fraction of sp³-hybridized carbons (Fsp3) is 0.0189. The number of anilines is 3. The van der Waals surface area contributed by atoms with Gasteiger partial charge in [0.05, 0.1) is 11.1 Å². The Morgan fingerprint density at radius 2 is 0.800 bits per heavy atom. The second-order valence-corrected chi connectivity index (χ2v) is 15.4. The average Bonchev–Trinajstić information content (AvgIpc) is 3.55. The summed E-state index contributed by atoms with van der Waals surface area (Å²) in [6.45, 7) is 0. The van der Waals surface area contributed by atoms with Gasteiger partial charge in [0.2, 0.25) is 0 Å². The maximum Gasteiger partial charge on any atom is 0.0736 e. The first-order valence-corrected chi connectivity index (χ1v) is 19.7. The molecule has 11 rings (SSSR count). The Morgan fingerprint density at radius 1 is 0.327 bits per heavy atom. The van der Waals surface area contributed by atoms with E-state index in [-0.39, 0.29) is 0 Å². The SMILES string of the molecule is c1ccc(-c2ccc(N(c3ccc(-c4ccccc4)cc3)c3cccc4c3Sc3c(ccc5ccccc35)C43c4ccccc4-c4ccccc43)cc2)cc1. The van der Waals surface area contributed by atoms with Gasteiger partial charge in [-0.1, -0.05) is 194 Å². The first-order chi connectivity index (χ1) is 27.3. The summed E-state index contributed by atoms with van der Waals surface area (Å²) in [5.74, 6) is 0. The van der Waals surface area contributed by atoms with Gasteiger partial charge in [0.15, 0.2) is 0 Å². The molecule has 2 aliphatic rings. The van der Waals surface area contributed by atoms with Crippen molar-refractivity contribution >= 4 is 39.6 Å². The summed E-state index contributed by atoms with van der Waals surface area (Å²) in [5.41, 5.74) is 15.7. The van der Waals surface area contributed by atoms with Crippen LogP contribution >= 0.6 is 11.8 Å². The quantitative estimate of drug-likeness (QED) is 0.174. The smallest absolute Gasteiger partial charge is 0.0736 e.